The zero-order valence-corrected chi connectivity index (χ0v) is 14.2. The highest BCUT2D eigenvalue weighted by molar-refractivity contribution is 5.79. The summed E-state index contributed by atoms with van der Waals surface area (Å²) >= 11 is 0. The summed E-state index contributed by atoms with van der Waals surface area (Å²) in [6.45, 7) is 6.67. The van der Waals surface area contributed by atoms with E-state index in [9.17, 15) is 4.79 Å². The summed E-state index contributed by atoms with van der Waals surface area (Å²) < 4.78 is 0. The van der Waals surface area contributed by atoms with Crippen molar-refractivity contribution in [2.24, 2.45) is 23.2 Å². The lowest BCUT2D eigenvalue weighted by atomic mass is 9.60. The van der Waals surface area contributed by atoms with E-state index in [0.717, 1.165) is 12.3 Å². The lowest BCUT2D eigenvalue weighted by Gasteiger charge is -2.45. The Morgan fingerprint density at radius 1 is 1.24 bits per heavy atom. The molecular weight excluding hydrogens is 256 g/mol. The van der Waals surface area contributed by atoms with E-state index in [-0.39, 0.29) is 0 Å². The van der Waals surface area contributed by atoms with Gasteiger partial charge >= 0.3 is 0 Å². The minimum absolute atomic E-state index is 0.382. The Bertz CT molecular complexity index is 447. The summed E-state index contributed by atoms with van der Waals surface area (Å²) in [5.74, 6) is 2.29. The zero-order chi connectivity index (χ0) is 15.0. The third kappa shape index (κ3) is 2.62. The molecule has 0 amide bonds. The van der Waals surface area contributed by atoms with Crippen LogP contribution in [-0.2, 0) is 4.79 Å². The fraction of sp³-hybridized carbons (Fsp3) is 0.850. The Balaban J connectivity index is 1.87. The number of hydrogen-bond donors (Lipinski definition) is 0. The van der Waals surface area contributed by atoms with Crippen molar-refractivity contribution in [2.75, 3.05) is 0 Å². The topological polar surface area (TPSA) is 17.1 Å². The SMILES string of the molecule is CCCCC1(C)CCCC2=C1CCC1C(C(C)=O)CCC21. The molecule has 0 radical (unpaired) electrons. The van der Waals surface area contributed by atoms with Gasteiger partial charge in [0.05, 0.1) is 0 Å². The van der Waals surface area contributed by atoms with Gasteiger partial charge in [-0.15, -0.1) is 0 Å². The molecule has 0 spiro atoms. The third-order valence-electron chi connectivity index (χ3n) is 6.89. The van der Waals surface area contributed by atoms with Crippen molar-refractivity contribution in [3.8, 4) is 0 Å². The number of rotatable bonds is 4. The molecule has 3 aliphatic rings. The molecule has 0 saturated heterocycles. The number of hydrogen-bond acceptors (Lipinski definition) is 1. The predicted octanol–water partition coefficient (Wildman–Crippen LogP) is 5.69. The smallest absolute Gasteiger partial charge is 0.133 e. The number of Topliss-reactive ketones (excluding diaryl/α,β-unsaturated/α-hetero) is 1. The van der Waals surface area contributed by atoms with E-state index >= 15 is 0 Å². The average Bonchev–Trinajstić information content (AvgIpc) is 2.90. The Kier molecular flexibility index (Phi) is 4.30. The second-order valence-electron chi connectivity index (χ2n) is 8.13. The summed E-state index contributed by atoms with van der Waals surface area (Å²) in [6, 6.07) is 0. The van der Waals surface area contributed by atoms with Crippen LogP contribution in [0, 0.1) is 23.2 Å². The van der Waals surface area contributed by atoms with E-state index in [4.69, 9.17) is 0 Å². The highest BCUT2D eigenvalue weighted by Gasteiger charge is 2.46. The molecule has 0 aromatic rings. The monoisotopic (exact) mass is 288 g/mol. The van der Waals surface area contributed by atoms with Crippen LogP contribution in [0.3, 0.4) is 0 Å². The van der Waals surface area contributed by atoms with Gasteiger partial charge in [-0.1, -0.05) is 37.8 Å². The van der Waals surface area contributed by atoms with Gasteiger partial charge in [0.25, 0.3) is 0 Å². The molecule has 1 heteroatoms. The second-order valence-corrected chi connectivity index (χ2v) is 8.13. The van der Waals surface area contributed by atoms with Gasteiger partial charge in [0.1, 0.15) is 5.78 Å². The molecule has 0 N–H and O–H groups in total. The number of carbonyl (C=O) groups excluding carboxylic acids is 1. The van der Waals surface area contributed by atoms with Crippen molar-refractivity contribution >= 4 is 5.78 Å². The molecule has 3 rings (SSSR count). The van der Waals surface area contributed by atoms with Crippen LogP contribution in [0.25, 0.3) is 0 Å². The maximum absolute atomic E-state index is 11.9. The summed E-state index contributed by atoms with van der Waals surface area (Å²) in [5, 5.41) is 0. The van der Waals surface area contributed by atoms with Gasteiger partial charge in [0.15, 0.2) is 0 Å². The predicted molar refractivity (Wildman–Crippen MR) is 88.1 cm³/mol. The Labute approximate surface area is 130 Å². The van der Waals surface area contributed by atoms with Crippen LogP contribution >= 0.6 is 0 Å². The first-order chi connectivity index (χ1) is 10.1. The van der Waals surface area contributed by atoms with Gasteiger partial charge in [-0.25, -0.2) is 0 Å². The van der Waals surface area contributed by atoms with Crippen LogP contribution in [0.2, 0.25) is 0 Å². The molecule has 0 bridgehead atoms. The van der Waals surface area contributed by atoms with E-state index in [1.165, 1.54) is 57.8 Å². The normalized spacial score (nSPS) is 39.1. The van der Waals surface area contributed by atoms with Crippen molar-refractivity contribution in [1.29, 1.82) is 0 Å². The fourth-order valence-electron chi connectivity index (χ4n) is 5.79. The summed E-state index contributed by atoms with van der Waals surface area (Å²) in [4.78, 5) is 11.9. The molecule has 0 aromatic heterocycles. The highest BCUT2D eigenvalue weighted by atomic mass is 16.1. The molecule has 0 heterocycles. The standard InChI is InChI=1S/C20H32O/c1-4-5-12-20(3)13-6-7-18-17-9-8-15(14(2)21)16(17)10-11-19(18)20/h15-17H,4-13H2,1-3H3. The number of ketones is 1. The fourth-order valence-corrected chi connectivity index (χ4v) is 5.79. The van der Waals surface area contributed by atoms with Gasteiger partial charge in [-0.2, -0.15) is 0 Å². The first-order valence-electron chi connectivity index (χ1n) is 9.29. The van der Waals surface area contributed by atoms with Gasteiger partial charge in [-0.05, 0) is 75.5 Å². The third-order valence-corrected chi connectivity index (χ3v) is 6.89. The van der Waals surface area contributed by atoms with E-state index in [2.05, 4.69) is 13.8 Å². The van der Waals surface area contributed by atoms with Gasteiger partial charge in [-0.3, -0.25) is 4.79 Å². The first kappa shape index (κ1) is 15.3. The Morgan fingerprint density at radius 2 is 2.05 bits per heavy atom. The van der Waals surface area contributed by atoms with Crippen LogP contribution < -0.4 is 0 Å². The van der Waals surface area contributed by atoms with Crippen molar-refractivity contribution < 1.29 is 4.79 Å². The van der Waals surface area contributed by atoms with Crippen molar-refractivity contribution in [1.82, 2.24) is 0 Å². The number of fused-ring (bicyclic) bond motifs is 2. The lowest BCUT2D eigenvalue weighted by Crippen LogP contribution is -2.33. The average molecular weight is 288 g/mol. The molecule has 0 aliphatic heterocycles. The quantitative estimate of drug-likeness (QED) is 0.607. The molecule has 1 saturated carbocycles. The van der Waals surface area contributed by atoms with Crippen LogP contribution in [0.5, 0.6) is 0 Å². The van der Waals surface area contributed by atoms with Crippen LogP contribution in [0.15, 0.2) is 11.1 Å². The summed E-state index contributed by atoms with van der Waals surface area (Å²) in [6.07, 6.45) is 13.2. The molecule has 21 heavy (non-hydrogen) atoms. The maximum Gasteiger partial charge on any atom is 0.133 e. The number of allylic oxidation sites excluding steroid dienone is 2. The first-order valence-corrected chi connectivity index (χ1v) is 9.29. The number of carbonyl (C=O) groups is 1. The largest absolute Gasteiger partial charge is 0.300 e. The van der Waals surface area contributed by atoms with Crippen LogP contribution in [-0.4, -0.2) is 5.78 Å². The molecule has 4 unspecified atom stereocenters. The lowest BCUT2D eigenvalue weighted by molar-refractivity contribution is -0.122. The second kappa shape index (κ2) is 5.89. The van der Waals surface area contributed by atoms with E-state index in [1.807, 2.05) is 18.1 Å². The minimum Gasteiger partial charge on any atom is -0.300 e. The van der Waals surface area contributed by atoms with Crippen molar-refractivity contribution in [2.45, 2.75) is 85.0 Å². The Morgan fingerprint density at radius 3 is 2.76 bits per heavy atom. The molecule has 0 aromatic carbocycles. The molecule has 1 fully saturated rings. The summed E-state index contributed by atoms with van der Waals surface area (Å²) in [7, 11) is 0. The Hall–Kier alpha value is -0.590. The van der Waals surface area contributed by atoms with Crippen molar-refractivity contribution in [3.05, 3.63) is 11.1 Å². The van der Waals surface area contributed by atoms with E-state index in [1.54, 1.807) is 0 Å². The molecular formula is C20H32O. The summed E-state index contributed by atoms with van der Waals surface area (Å²) in [5.41, 5.74) is 4.15. The van der Waals surface area contributed by atoms with Crippen LogP contribution in [0.4, 0.5) is 0 Å². The molecule has 118 valence electrons. The van der Waals surface area contributed by atoms with Gasteiger partial charge in [0.2, 0.25) is 0 Å². The van der Waals surface area contributed by atoms with Gasteiger partial charge in [0, 0.05) is 5.92 Å². The van der Waals surface area contributed by atoms with E-state index in [0.29, 0.717) is 23.0 Å². The van der Waals surface area contributed by atoms with Crippen molar-refractivity contribution in [3.63, 3.8) is 0 Å². The molecule has 1 nitrogen and oxygen atoms in total. The van der Waals surface area contributed by atoms with E-state index < -0.39 is 0 Å². The van der Waals surface area contributed by atoms with Crippen LogP contribution in [0.1, 0.15) is 85.0 Å². The molecule has 3 aliphatic carbocycles. The maximum atomic E-state index is 11.9. The number of unbranched alkanes of at least 4 members (excludes halogenated alkanes) is 1. The molecule has 4 atom stereocenters. The highest BCUT2D eigenvalue weighted by Crippen LogP contribution is 2.57. The van der Waals surface area contributed by atoms with Gasteiger partial charge < -0.3 is 0 Å². The zero-order valence-electron chi connectivity index (χ0n) is 14.2. The minimum atomic E-state index is 0.382.